The van der Waals surface area contributed by atoms with Gasteiger partial charge in [0.15, 0.2) is 0 Å². The standard InChI is InChI=1S/C17H17NO4/c1-9-6-4-5-7-11(9)14-13(16(19)21-3)10(2)18-12-8-22-17(20)15(12)14/h4-7,13-14H,8H2,1-3H3. The first-order chi connectivity index (χ1) is 10.5. The van der Waals surface area contributed by atoms with Gasteiger partial charge >= 0.3 is 11.9 Å². The fraction of sp³-hybridized carbons (Fsp3) is 0.353. The van der Waals surface area contributed by atoms with Gasteiger partial charge in [0.1, 0.15) is 12.5 Å². The van der Waals surface area contributed by atoms with Crippen LogP contribution >= 0.6 is 0 Å². The molecular formula is C17H17NO4. The number of hydrogen-bond donors (Lipinski definition) is 0. The molecule has 0 N–H and O–H groups in total. The number of cyclic esters (lactones) is 1. The molecule has 2 heterocycles. The van der Waals surface area contributed by atoms with Gasteiger partial charge in [0.2, 0.25) is 0 Å². The molecule has 0 aromatic heterocycles. The molecule has 22 heavy (non-hydrogen) atoms. The van der Waals surface area contributed by atoms with Crippen LogP contribution in [0.5, 0.6) is 0 Å². The maximum absolute atomic E-state index is 12.3. The summed E-state index contributed by atoms with van der Waals surface area (Å²) in [5.41, 5.74) is 3.70. The minimum Gasteiger partial charge on any atom is -0.468 e. The Morgan fingerprint density at radius 2 is 2.05 bits per heavy atom. The average molecular weight is 299 g/mol. The van der Waals surface area contributed by atoms with Gasteiger partial charge in [0.05, 0.1) is 18.4 Å². The number of carbonyl (C=O) groups excluding carboxylic acids is 2. The number of hydrogen-bond acceptors (Lipinski definition) is 5. The lowest BCUT2D eigenvalue weighted by Gasteiger charge is -2.29. The summed E-state index contributed by atoms with van der Waals surface area (Å²) < 4.78 is 10.1. The second kappa shape index (κ2) is 5.40. The summed E-state index contributed by atoms with van der Waals surface area (Å²) in [4.78, 5) is 28.9. The van der Waals surface area contributed by atoms with E-state index in [-0.39, 0.29) is 12.6 Å². The molecule has 2 aliphatic heterocycles. The first kappa shape index (κ1) is 14.5. The predicted octanol–water partition coefficient (Wildman–Crippen LogP) is 2.15. The van der Waals surface area contributed by atoms with Crippen molar-refractivity contribution >= 4 is 17.7 Å². The van der Waals surface area contributed by atoms with Crippen molar-refractivity contribution in [3.63, 3.8) is 0 Å². The highest BCUT2D eigenvalue weighted by molar-refractivity contribution is 6.07. The Bertz CT molecular complexity index is 717. The minimum atomic E-state index is -0.601. The van der Waals surface area contributed by atoms with Crippen LogP contribution in [0.4, 0.5) is 0 Å². The molecule has 0 radical (unpaired) electrons. The van der Waals surface area contributed by atoms with Crippen molar-refractivity contribution in [3.8, 4) is 0 Å². The Labute approximate surface area is 128 Å². The molecule has 5 nitrogen and oxygen atoms in total. The Balaban J connectivity index is 2.20. The largest absolute Gasteiger partial charge is 0.468 e. The van der Waals surface area contributed by atoms with E-state index in [9.17, 15) is 9.59 Å². The second-order valence-corrected chi connectivity index (χ2v) is 5.52. The van der Waals surface area contributed by atoms with Gasteiger partial charge in [0.25, 0.3) is 0 Å². The molecule has 0 spiro atoms. The molecular weight excluding hydrogens is 282 g/mol. The fourth-order valence-electron chi connectivity index (χ4n) is 3.20. The van der Waals surface area contributed by atoms with Crippen LogP contribution in [0.3, 0.4) is 0 Å². The van der Waals surface area contributed by atoms with Crippen LogP contribution in [-0.4, -0.2) is 31.4 Å². The summed E-state index contributed by atoms with van der Waals surface area (Å²) in [6.07, 6.45) is 0. The van der Waals surface area contributed by atoms with E-state index >= 15 is 0 Å². The molecule has 2 aliphatic rings. The second-order valence-electron chi connectivity index (χ2n) is 5.52. The third-order valence-corrected chi connectivity index (χ3v) is 4.26. The quantitative estimate of drug-likeness (QED) is 0.785. The monoisotopic (exact) mass is 299 g/mol. The highest BCUT2D eigenvalue weighted by Gasteiger charge is 2.45. The Morgan fingerprint density at radius 3 is 2.73 bits per heavy atom. The first-order valence-electron chi connectivity index (χ1n) is 7.13. The molecule has 5 heteroatoms. The molecule has 3 rings (SSSR count). The summed E-state index contributed by atoms with van der Waals surface area (Å²) in [5.74, 6) is -1.79. The number of aryl methyl sites for hydroxylation is 1. The SMILES string of the molecule is COC(=O)C1C(C)=NC2=C(C(=O)OC2)C1c1ccccc1C. The number of ether oxygens (including phenoxy) is 2. The fourth-order valence-corrected chi connectivity index (χ4v) is 3.20. The van der Waals surface area contributed by atoms with Gasteiger partial charge in [-0.1, -0.05) is 24.3 Å². The lowest BCUT2D eigenvalue weighted by Crippen LogP contribution is -2.35. The molecule has 0 saturated heterocycles. The van der Waals surface area contributed by atoms with Crippen LogP contribution in [0, 0.1) is 12.8 Å². The molecule has 0 bridgehead atoms. The highest BCUT2D eigenvalue weighted by atomic mass is 16.5. The van der Waals surface area contributed by atoms with E-state index in [2.05, 4.69) is 4.99 Å². The first-order valence-corrected chi connectivity index (χ1v) is 7.13. The van der Waals surface area contributed by atoms with E-state index in [0.29, 0.717) is 17.0 Å². The van der Waals surface area contributed by atoms with Gasteiger partial charge in [0, 0.05) is 11.6 Å². The summed E-state index contributed by atoms with van der Waals surface area (Å²) in [6.45, 7) is 3.92. The molecule has 0 fully saturated rings. The number of carbonyl (C=O) groups is 2. The average Bonchev–Trinajstić information content (AvgIpc) is 2.87. The van der Waals surface area contributed by atoms with Crippen LogP contribution in [-0.2, 0) is 19.1 Å². The number of methoxy groups -OCH3 is 1. The minimum absolute atomic E-state index is 0.168. The van der Waals surface area contributed by atoms with E-state index in [1.54, 1.807) is 6.92 Å². The van der Waals surface area contributed by atoms with Crippen molar-refractivity contribution in [2.75, 3.05) is 13.7 Å². The topological polar surface area (TPSA) is 65.0 Å². The summed E-state index contributed by atoms with van der Waals surface area (Å²) >= 11 is 0. The van der Waals surface area contributed by atoms with Crippen molar-refractivity contribution in [2.24, 2.45) is 10.9 Å². The zero-order chi connectivity index (χ0) is 15.9. The Morgan fingerprint density at radius 1 is 1.32 bits per heavy atom. The lowest BCUT2D eigenvalue weighted by molar-refractivity contribution is -0.143. The van der Waals surface area contributed by atoms with Crippen LogP contribution in [0.25, 0.3) is 0 Å². The Kier molecular flexibility index (Phi) is 3.56. The maximum atomic E-state index is 12.3. The molecule has 1 aromatic carbocycles. The molecule has 114 valence electrons. The number of esters is 2. The highest BCUT2D eigenvalue weighted by Crippen LogP contribution is 2.43. The third kappa shape index (κ3) is 2.13. The van der Waals surface area contributed by atoms with Gasteiger partial charge in [-0.05, 0) is 25.0 Å². The molecule has 0 saturated carbocycles. The molecule has 1 aromatic rings. The number of rotatable bonds is 2. The summed E-state index contributed by atoms with van der Waals surface area (Å²) in [7, 11) is 1.35. The smallest absolute Gasteiger partial charge is 0.337 e. The van der Waals surface area contributed by atoms with Crippen LogP contribution in [0.1, 0.15) is 24.0 Å². The van der Waals surface area contributed by atoms with Crippen molar-refractivity contribution < 1.29 is 19.1 Å². The van der Waals surface area contributed by atoms with Crippen molar-refractivity contribution in [1.29, 1.82) is 0 Å². The van der Waals surface area contributed by atoms with E-state index < -0.39 is 17.8 Å². The van der Waals surface area contributed by atoms with Gasteiger partial charge in [-0.2, -0.15) is 0 Å². The summed E-state index contributed by atoms with van der Waals surface area (Å²) in [6, 6.07) is 7.73. The normalized spacial score (nSPS) is 23.8. The number of nitrogens with zero attached hydrogens (tertiary/aromatic N) is 1. The number of aliphatic imine (C=N–C) groups is 1. The molecule has 2 atom stereocenters. The third-order valence-electron chi connectivity index (χ3n) is 4.26. The zero-order valence-electron chi connectivity index (χ0n) is 12.8. The summed E-state index contributed by atoms with van der Waals surface area (Å²) in [5, 5.41) is 0. The number of benzene rings is 1. The zero-order valence-corrected chi connectivity index (χ0v) is 12.8. The van der Waals surface area contributed by atoms with Crippen molar-refractivity contribution in [2.45, 2.75) is 19.8 Å². The van der Waals surface area contributed by atoms with E-state index in [1.807, 2.05) is 31.2 Å². The van der Waals surface area contributed by atoms with Gasteiger partial charge in [-0.15, -0.1) is 0 Å². The van der Waals surface area contributed by atoms with Gasteiger partial charge in [-0.3, -0.25) is 9.79 Å². The van der Waals surface area contributed by atoms with Gasteiger partial charge in [-0.25, -0.2) is 4.79 Å². The Hall–Kier alpha value is -2.43. The molecule has 0 aliphatic carbocycles. The van der Waals surface area contributed by atoms with E-state index in [4.69, 9.17) is 9.47 Å². The predicted molar refractivity (Wildman–Crippen MR) is 80.5 cm³/mol. The van der Waals surface area contributed by atoms with Crippen molar-refractivity contribution in [1.82, 2.24) is 0 Å². The van der Waals surface area contributed by atoms with Crippen LogP contribution < -0.4 is 0 Å². The van der Waals surface area contributed by atoms with E-state index in [1.165, 1.54) is 7.11 Å². The van der Waals surface area contributed by atoms with Gasteiger partial charge < -0.3 is 9.47 Å². The van der Waals surface area contributed by atoms with Crippen LogP contribution in [0.15, 0.2) is 40.5 Å². The maximum Gasteiger partial charge on any atom is 0.337 e. The van der Waals surface area contributed by atoms with E-state index in [0.717, 1.165) is 11.1 Å². The lowest BCUT2D eigenvalue weighted by atomic mass is 9.75. The molecule has 2 unspecified atom stereocenters. The molecule has 0 amide bonds. The van der Waals surface area contributed by atoms with Crippen molar-refractivity contribution in [3.05, 3.63) is 46.7 Å². The van der Waals surface area contributed by atoms with Crippen LogP contribution in [0.2, 0.25) is 0 Å².